The average Bonchev–Trinajstić information content (AvgIpc) is 2.66. The predicted molar refractivity (Wildman–Crippen MR) is 108 cm³/mol. The first kappa shape index (κ1) is 20.3. The van der Waals surface area contributed by atoms with Crippen molar-refractivity contribution in [2.24, 2.45) is 0 Å². The molecule has 0 aliphatic rings. The number of aromatic nitrogens is 2. The van der Waals surface area contributed by atoms with Crippen LogP contribution in [0.4, 0.5) is 19.0 Å². The summed E-state index contributed by atoms with van der Waals surface area (Å²) in [4.78, 5) is 9.14. The molecular weight excluding hydrogens is 387 g/mol. The molecule has 4 nitrogen and oxygen atoms in total. The van der Waals surface area contributed by atoms with Crippen molar-refractivity contribution in [3.63, 3.8) is 0 Å². The maximum Gasteiger partial charge on any atom is 0.416 e. The zero-order valence-corrected chi connectivity index (χ0v) is 16.5. The summed E-state index contributed by atoms with van der Waals surface area (Å²) in [5.74, 6) is 2.63. The van der Waals surface area contributed by atoms with Gasteiger partial charge in [0.2, 0.25) is 0 Å². The Kier molecular flexibility index (Phi) is 5.98. The smallest absolute Gasteiger partial charge is 0.416 e. The Balaban J connectivity index is 2.09. The number of aryl methyl sites for hydroxylation is 1. The molecule has 28 heavy (non-hydrogen) atoms. The van der Waals surface area contributed by atoms with Gasteiger partial charge >= 0.3 is 6.18 Å². The molecule has 0 saturated heterocycles. The molecule has 3 aromatic rings. The number of hydrogen-bond acceptors (Lipinski definition) is 5. The van der Waals surface area contributed by atoms with Gasteiger partial charge in [-0.05, 0) is 43.0 Å². The van der Waals surface area contributed by atoms with Crippen LogP contribution < -0.4 is 10.1 Å². The van der Waals surface area contributed by atoms with Crippen molar-refractivity contribution < 1.29 is 17.9 Å². The Morgan fingerprint density at radius 2 is 1.82 bits per heavy atom. The third-order valence-corrected chi connectivity index (χ3v) is 4.89. The van der Waals surface area contributed by atoms with Crippen LogP contribution in [-0.4, -0.2) is 35.6 Å². The molecule has 0 amide bonds. The lowest BCUT2D eigenvalue weighted by atomic mass is 10.1. The van der Waals surface area contributed by atoms with Crippen LogP contribution in [0.3, 0.4) is 0 Å². The number of fused-ring (bicyclic) bond motifs is 1. The normalized spacial score (nSPS) is 11.6. The van der Waals surface area contributed by atoms with E-state index < -0.39 is 11.7 Å². The highest BCUT2D eigenvalue weighted by Gasteiger charge is 2.30. The Hall–Kier alpha value is -2.48. The van der Waals surface area contributed by atoms with Gasteiger partial charge in [0.1, 0.15) is 11.6 Å². The zero-order chi connectivity index (χ0) is 20.3. The number of methoxy groups -OCH3 is 1. The summed E-state index contributed by atoms with van der Waals surface area (Å²) in [6.07, 6.45) is -2.36. The van der Waals surface area contributed by atoms with Gasteiger partial charge in [0.05, 0.1) is 18.2 Å². The fourth-order valence-electron chi connectivity index (χ4n) is 2.82. The van der Waals surface area contributed by atoms with Gasteiger partial charge in [-0.1, -0.05) is 12.1 Å². The Morgan fingerprint density at radius 3 is 2.43 bits per heavy atom. The van der Waals surface area contributed by atoms with Crippen LogP contribution >= 0.6 is 11.8 Å². The molecular formula is C20H20F3N3OS. The third kappa shape index (κ3) is 4.32. The number of nitrogens with zero attached hydrogens (tertiary/aromatic N) is 2. The lowest BCUT2D eigenvalue weighted by molar-refractivity contribution is -0.137. The summed E-state index contributed by atoms with van der Waals surface area (Å²) in [7, 11) is 1.60. The van der Waals surface area contributed by atoms with Gasteiger partial charge < -0.3 is 10.1 Å². The van der Waals surface area contributed by atoms with E-state index in [1.165, 1.54) is 12.1 Å². The Bertz CT molecular complexity index is 975. The maximum atomic E-state index is 12.8. The third-order valence-electron chi connectivity index (χ3n) is 4.28. The molecule has 0 saturated carbocycles. The summed E-state index contributed by atoms with van der Waals surface area (Å²) in [5, 5.41) is 4.10. The number of hydrogen-bond donors (Lipinski definition) is 1. The summed E-state index contributed by atoms with van der Waals surface area (Å²) in [6.45, 7) is 2.62. The molecule has 0 fully saturated rings. The molecule has 0 aliphatic heterocycles. The second-order valence-corrected chi connectivity index (χ2v) is 7.22. The molecule has 1 aromatic heterocycles. The topological polar surface area (TPSA) is 47.0 Å². The van der Waals surface area contributed by atoms with E-state index in [9.17, 15) is 13.2 Å². The van der Waals surface area contributed by atoms with Crippen molar-refractivity contribution >= 4 is 28.5 Å². The van der Waals surface area contributed by atoms with Crippen LogP contribution in [0.15, 0.2) is 36.4 Å². The predicted octanol–water partition coefficient (Wildman–Crippen LogP) is 5.41. The van der Waals surface area contributed by atoms with E-state index in [-0.39, 0.29) is 0 Å². The highest BCUT2D eigenvalue weighted by molar-refractivity contribution is 7.98. The lowest BCUT2D eigenvalue weighted by Crippen LogP contribution is -2.08. The second-order valence-electron chi connectivity index (χ2n) is 6.23. The van der Waals surface area contributed by atoms with Gasteiger partial charge in [0.15, 0.2) is 5.82 Å². The van der Waals surface area contributed by atoms with E-state index in [0.717, 1.165) is 34.6 Å². The van der Waals surface area contributed by atoms with Crippen LogP contribution in [0.1, 0.15) is 11.1 Å². The van der Waals surface area contributed by atoms with Gasteiger partial charge in [-0.15, -0.1) is 0 Å². The molecule has 1 heterocycles. The highest BCUT2D eigenvalue weighted by atomic mass is 32.2. The summed E-state index contributed by atoms with van der Waals surface area (Å²) in [5.41, 5.74) is 1.45. The molecule has 2 aromatic carbocycles. The van der Waals surface area contributed by atoms with Crippen LogP contribution in [0.2, 0.25) is 0 Å². The molecule has 3 rings (SSSR count). The van der Waals surface area contributed by atoms with E-state index in [1.807, 2.05) is 25.3 Å². The average molecular weight is 407 g/mol. The van der Waals surface area contributed by atoms with E-state index in [1.54, 1.807) is 18.9 Å². The van der Waals surface area contributed by atoms with Crippen molar-refractivity contribution in [3.05, 3.63) is 47.5 Å². The quantitative estimate of drug-likeness (QED) is 0.554. The van der Waals surface area contributed by atoms with Crippen LogP contribution in [0.5, 0.6) is 5.75 Å². The van der Waals surface area contributed by atoms with Crippen LogP contribution in [0, 0.1) is 6.92 Å². The summed E-state index contributed by atoms with van der Waals surface area (Å²) >= 11 is 1.70. The number of ether oxygens (including phenoxy) is 1. The molecule has 0 radical (unpaired) electrons. The number of alkyl halides is 3. The fourth-order valence-corrected chi connectivity index (χ4v) is 3.13. The van der Waals surface area contributed by atoms with E-state index >= 15 is 0 Å². The maximum absolute atomic E-state index is 12.8. The monoisotopic (exact) mass is 407 g/mol. The van der Waals surface area contributed by atoms with Crippen molar-refractivity contribution in [1.82, 2.24) is 9.97 Å². The van der Waals surface area contributed by atoms with Gasteiger partial charge in [0, 0.05) is 23.2 Å². The molecule has 1 N–H and O–H groups in total. The zero-order valence-electron chi connectivity index (χ0n) is 15.7. The first-order valence-corrected chi connectivity index (χ1v) is 9.99. The molecule has 0 bridgehead atoms. The van der Waals surface area contributed by atoms with Crippen molar-refractivity contribution in [3.8, 4) is 17.1 Å². The number of halogens is 3. The molecule has 148 valence electrons. The Morgan fingerprint density at radius 1 is 1.11 bits per heavy atom. The number of nitrogens with one attached hydrogen (secondary N) is 1. The summed E-state index contributed by atoms with van der Waals surface area (Å²) < 4.78 is 43.9. The minimum atomic E-state index is -4.37. The van der Waals surface area contributed by atoms with Gasteiger partial charge in [-0.25, -0.2) is 9.97 Å². The summed E-state index contributed by atoms with van der Waals surface area (Å²) in [6, 6.07) is 8.65. The first-order chi connectivity index (χ1) is 13.3. The molecule has 0 atom stereocenters. The van der Waals surface area contributed by atoms with E-state index in [2.05, 4.69) is 15.3 Å². The second kappa shape index (κ2) is 8.26. The molecule has 0 spiro atoms. The highest BCUT2D eigenvalue weighted by Crippen LogP contribution is 2.33. The molecule has 0 aliphatic carbocycles. The fraction of sp³-hybridized carbons (Fsp3) is 0.300. The Labute approximate surface area is 165 Å². The number of benzene rings is 2. The minimum Gasteiger partial charge on any atom is -0.496 e. The minimum absolute atomic E-state index is 0.373. The van der Waals surface area contributed by atoms with Crippen LogP contribution in [0.25, 0.3) is 22.3 Å². The largest absolute Gasteiger partial charge is 0.496 e. The van der Waals surface area contributed by atoms with Crippen molar-refractivity contribution in [1.29, 1.82) is 0 Å². The van der Waals surface area contributed by atoms with Gasteiger partial charge in [-0.2, -0.15) is 24.9 Å². The lowest BCUT2D eigenvalue weighted by Gasteiger charge is -2.13. The van der Waals surface area contributed by atoms with E-state index in [4.69, 9.17) is 4.74 Å². The number of thioether (sulfide) groups is 1. The van der Waals surface area contributed by atoms with Crippen molar-refractivity contribution in [2.75, 3.05) is 31.0 Å². The first-order valence-electron chi connectivity index (χ1n) is 8.60. The number of anilines is 1. The SMILES string of the molecule is COc1cc2c(NCCSC)nc(-c3ccc(C(F)(F)F)cc3)nc2cc1C. The molecule has 8 heteroatoms. The van der Waals surface area contributed by atoms with Crippen LogP contribution in [-0.2, 0) is 6.18 Å². The number of rotatable bonds is 6. The van der Waals surface area contributed by atoms with Crippen molar-refractivity contribution in [2.45, 2.75) is 13.1 Å². The van der Waals surface area contributed by atoms with E-state index in [0.29, 0.717) is 29.3 Å². The standard InChI is InChI=1S/C20H20F3N3OS/c1-12-10-16-15(11-17(12)27-2)19(24-8-9-28-3)26-18(25-16)13-4-6-14(7-5-13)20(21,22)23/h4-7,10-11H,8-9H2,1-3H3,(H,24,25,26). The molecule has 0 unspecified atom stereocenters. The van der Waals surface area contributed by atoms with Gasteiger partial charge in [-0.3, -0.25) is 0 Å². The van der Waals surface area contributed by atoms with Gasteiger partial charge in [0.25, 0.3) is 0 Å².